The summed E-state index contributed by atoms with van der Waals surface area (Å²) in [5.74, 6) is 2.70. The molecule has 0 bridgehead atoms. The maximum atomic E-state index is 4.30. The van der Waals surface area contributed by atoms with Crippen molar-refractivity contribution in [2.24, 2.45) is 16.8 Å². The second kappa shape index (κ2) is 9.07. The van der Waals surface area contributed by atoms with E-state index in [0.29, 0.717) is 6.04 Å². The van der Waals surface area contributed by atoms with Gasteiger partial charge in [0.1, 0.15) is 0 Å². The molecule has 2 fully saturated rings. The summed E-state index contributed by atoms with van der Waals surface area (Å²) in [5, 5.41) is 6.88. The minimum absolute atomic E-state index is 0. The van der Waals surface area contributed by atoms with E-state index in [4.69, 9.17) is 0 Å². The van der Waals surface area contributed by atoms with Crippen molar-refractivity contribution in [3.8, 4) is 0 Å². The SMILES string of the molecule is CN=C(NCC1CC1)NCC(C)N1CCCC(C)C1.I. The van der Waals surface area contributed by atoms with Gasteiger partial charge in [0.15, 0.2) is 5.96 Å². The smallest absolute Gasteiger partial charge is 0.191 e. The van der Waals surface area contributed by atoms with Gasteiger partial charge >= 0.3 is 0 Å². The molecule has 1 heterocycles. The van der Waals surface area contributed by atoms with Crippen molar-refractivity contribution in [3.63, 3.8) is 0 Å². The van der Waals surface area contributed by atoms with E-state index in [9.17, 15) is 0 Å². The third-order valence-electron chi connectivity index (χ3n) is 4.36. The Kier molecular flexibility index (Phi) is 8.17. The number of piperidine rings is 1. The van der Waals surface area contributed by atoms with Crippen LogP contribution in [0.25, 0.3) is 0 Å². The van der Waals surface area contributed by atoms with Crippen LogP contribution >= 0.6 is 24.0 Å². The first-order valence-corrected chi connectivity index (χ1v) is 7.87. The molecule has 0 spiro atoms. The zero-order valence-corrected chi connectivity index (χ0v) is 15.5. The van der Waals surface area contributed by atoms with E-state index >= 15 is 0 Å². The van der Waals surface area contributed by atoms with Crippen molar-refractivity contribution >= 4 is 29.9 Å². The summed E-state index contributed by atoms with van der Waals surface area (Å²) >= 11 is 0. The summed E-state index contributed by atoms with van der Waals surface area (Å²) in [5.41, 5.74) is 0. The fourth-order valence-corrected chi connectivity index (χ4v) is 2.78. The molecular formula is C15H31IN4. The van der Waals surface area contributed by atoms with E-state index in [1.807, 2.05) is 7.05 Å². The number of aliphatic imine (C=N–C) groups is 1. The van der Waals surface area contributed by atoms with Gasteiger partial charge in [-0.1, -0.05) is 6.92 Å². The Morgan fingerprint density at radius 2 is 2.05 bits per heavy atom. The van der Waals surface area contributed by atoms with Crippen molar-refractivity contribution in [2.45, 2.75) is 45.6 Å². The summed E-state index contributed by atoms with van der Waals surface area (Å²) in [4.78, 5) is 6.90. The highest BCUT2D eigenvalue weighted by Crippen LogP contribution is 2.27. The number of guanidine groups is 1. The number of hydrogen-bond acceptors (Lipinski definition) is 2. The molecule has 0 amide bonds. The number of likely N-dealkylation sites (tertiary alicyclic amines) is 1. The molecular weight excluding hydrogens is 363 g/mol. The molecule has 0 aromatic carbocycles. The molecule has 1 aliphatic heterocycles. The van der Waals surface area contributed by atoms with Crippen LogP contribution < -0.4 is 10.6 Å². The van der Waals surface area contributed by atoms with Gasteiger partial charge in [-0.15, -0.1) is 24.0 Å². The first-order valence-electron chi connectivity index (χ1n) is 7.87. The first kappa shape index (κ1) is 18.0. The van der Waals surface area contributed by atoms with Gasteiger partial charge < -0.3 is 10.6 Å². The van der Waals surface area contributed by atoms with Crippen LogP contribution in [0.3, 0.4) is 0 Å². The molecule has 0 aromatic rings. The highest BCUT2D eigenvalue weighted by molar-refractivity contribution is 14.0. The zero-order chi connectivity index (χ0) is 13.7. The minimum atomic E-state index is 0. The molecule has 2 rings (SSSR count). The van der Waals surface area contributed by atoms with Crippen LogP contribution in [0.4, 0.5) is 0 Å². The Morgan fingerprint density at radius 3 is 2.65 bits per heavy atom. The molecule has 2 N–H and O–H groups in total. The average molecular weight is 394 g/mol. The molecule has 2 aliphatic rings. The predicted molar refractivity (Wildman–Crippen MR) is 96.9 cm³/mol. The van der Waals surface area contributed by atoms with Gasteiger partial charge in [-0.05, 0) is 51.0 Å². The number of hydrogen-bond donors (Lipinski definition) is 2. The Balaban J connectivity index is 0.00000200. The second-order valence-corrected chi connectivity index (χ2v) is 6.37. The van der Waals surface area contributed by atoms with Crippen molar-refractivity contribution in [2.75, 3.05) is 33.2 Å². The van der Waals surface area contributed by atoms with Gasteiger partial charge in [-0.3, -0.25) is 9.89 Å². The average Bonchev–Trinajstić information content (AvgIpc) is 3.22. The largest absolute Gasteiger partial charge is 0.356 e. The third kappa shape index (κ3) is 6.16. The van der Waals surface area contributed by atoms with Crippen LogP contribution in [0, 0.1) is 11.8 Å². The van der Waals surface area contributed by atoms with Gasteiger partial charge in [-0.2, -0.15) is 0 Å². The second-order valence-electron chi connectivity index (χ2n) is 6.37. The minimum Gasteiger partial charge on any atom is -0.356 e. The number of nitrogens with one attached hydrogen (secondary N) is 2. The highest BCUT2D eigenvalue weighted by atomic mass is 127. The van der Waals surface area contributed by atoms with E-state index in [1.54, 1.807) is 0 Å². The molecule has 20 heavy (non-hydrogen) atoms. The fourth-order valence-electron chi connectivity index (χ4n) is 2.78. The molecule has 0 radical (unpaired) electrons. The molecule has 1 aliphatic carbocycles. The molecule has 5 heteroatoms. The lowest BCUT2D eigenvalue weighted by atomic mass is 9.99. The zero-order valence-electron chi connectivity index (χ0n) is 13.2. The molecule has 0 aromatic heterocycles. The van der Waals surface area contributed by atoms with Gasteiger partial charge in [-0.25, -0.2) is 0 Å². The van der Waals surface area contributed by atoms with Crippen LogP contribution in [-0.4, -0.2) is 50.1 Å². The Bertz CT molecular complexity index is 304. The third-order valence-corrected chi connectivity index (χ3v) is 4.36. The van der Waals surface area contributed by atoms with E-state index in [0.717, 1.165) is 30.9 Å². The summed E-state index contributed by atoms with van der Waals surface area (Å²) in [6, 6.07) is 0.585. The van der Waals surface area contributed by atoms with E-state index in [1.165, 1.54) is 38.8 Å². The lowest BCUT2D eigenvalue weighted by molar-refractivity contribution is 0.139. The summed E-state index contributed by atoms with van der Waals surface area (Å²) in [6.45, 7) is 9.24. The van der Waals surface area contributed by atoms with Crippen molar-refractivity contribution in [1.29, 1.82) is 0 Å². The summed E-state index contributed by atoms with van der Waals surface area (Å²) in [7, 11) is 1.86. The van der Waals surface area contributed by atoms with Crippen molar-refractivity contribution in [3.05, 3.63) is 0 Å². The fraction of sp³-hybridized carbons (Fsp3) is 0.933. The van der Waals surface area contributed by atoms with Crippen LogP contribution in [0.2, 0.25) is 0 Å². The summed E-state index contributed by atoms with van der Waals surface area (Å²) in [6.07, 6.45) is 5.50. The van der Waals surface area contributed by atoms with E-state index in [2.05, 4.69) is 34.4 Å². The van der Waals surface area contributed by atoms with Crippen LogP contribution in [0.5, 0.6) is 0 Å². The maximum absolute atomic E-state index is 4.30. The van der Waals surface area contributed by atoms with Gasteiger partial charge in [0.25, 0.3) is 0 Å². The van der Waals surface area contributed by atoms with Gasteiger partial charge in [0.2, 0.25) is 0 Å². The number of halogens is 1. The van der Waals surface area contributed by atoms with Crippen molar-refractivity contribution < 1.29 is 0 Å². The number of rotatable bonds is 5. The van der Waals surface area contributed by atoms with Crippen LogP contribution in [0.15, 0.2) is 4.99 Å². The lowest BCUT2D eigenvalue weighted by Crippen LogP contribution is -2.48. The molecule has 118 valence electrons. The lowest BCUT2D eigenvalue weighted by Gasteiger charge is -2.35. The number of nitrogens with zero attached hydrogens (tertiary/aromatic N) is 2. The molecule has 1 saturated heterocycles. The van der Waals surface area contributed by atoms with E-state index in [-0.39, 0.29) is 24.0 Å². The van der Waals surface area contributed by atoms with Gasteiger partial charge in [0.05, 0.1) is 0 Å². The van der Waals surface area contributed by atoms with Crippen LogP contribution in [-0.2, 0) is 0 Å². The predicted octanol–water partition coefficient (Wildman–Crippen LogP) is 2.30. The molecule has 4 nitrogen and oxygen atoms in total. The van der Waals surface area contributed by atoms with Crippen LogP contribution in [0.1, 0.15) is 39.5 Å². The molecule has 2 atom stereocenters. The van der Waals surface area contributed by atoms with Gasteiger partial charge in [0, 0.05) is 32.7 Å². The first-order chi connectivity index (χ1) is 9.19. The highest BCUT2D eigenvalue weighted by Gasteiger charge is 2.22. The molecule has 2 unspecified atom stereocenters. The molecule has 1 saturated carbocycles. The quantitative estimate of drug-likeness (QED) is 0.427. The monoisotopic (exact) mass is 394 g/mol. The standard InChI is InChI=1S/C15H30N4.HI/c1-12-5-4-8-19(11-12)13(2)9-17-15(16-3)18-10-14-6-7-14;/h12-14H,4-11H2,1-3H3,(H2,16,17,18);1H. The summed E-state index contributed by atoms with van der Waals surface area (Å²) < 4.78 is 0. The van der Waals surface area contributed by atoms with E-state index < -0.39 is 0 Å². The van der Waals surface area contributed by atoms with Crippen molar-refractivity contribution in [1.82, 2.24) is 15.5 Å². The topological polar surface area (TPSA) is 39.7 Å². The maximum Gasteiger partial charge on any atom is 0.191 e. The Hall–Kier alpha value is -0.0400. The normalized spacial score (nSPS) is 25.8. The Morgan fingerprint density at radius 1 is 1.30 bits per heavy atom. The Labute approximate surface area is 141 Å².